The number of aryl methyl sites for hydroxylation is 1. The van der Waals surface area contributed by atoms with E-state index in [-0.39, 0.29) is 30.7 Å². The van der Waals surface area contributed by atoms with Crippen LogP contribution in [0.15, 0.2) is 18.2 Å². The van der Waals surface area contributed by atoms with E-state index < -0.39 is 0 Å². The van der Waals surface area contributed by atoms with Crippen LogP contribution < -0.4 is 15.4 Å². The summed E-state index contributed by atoms with van der Waals surface area (Å²) in [7, 11) is 0. The van der Waals surface area contributed by atoms with Gasteiger partial charge in [-0.05, 0) is 57.4 Å². The minimum Gasteiger partial charge on any atom is -0.491 e. The maximum Gasteiger partial charge on any atom is 0.319 e. The number of carbonyl (C=O) groups excluding carboxylic acids is 1. The van der Waals surface area contributed by atoms with E-state index in [1.54, 1.807) is 0 Å². The first-order valence-electron chi connectivity index (χ1n) is 7.29. The topological polar surface area (TPSA) is 70.6 Å². The fourth-order valence-electron chi connectivity index (χ4n) is 1.79. The van der Waals surface area contributed by atoms with Crippen molar-refractivity contribution in [1.29, 1.82) is 0 Å². The lowest BCUT2D eigenvalue weighted by atomic mass is 10.1. The fraction of sp³-hybridized carbons (Fsp3) is 0.562. The smallest absolute Gasteiger partial charge is 0.319 e. The molecule has 5 nitrogen and oxygen atoms in total. The number of nitrogens with one attached hydrogen (secondary N) is 2. The highest BCUT2D eigenvalue weighted by atomic mass is 16.5. The summed E-state index contributed by atoms with van der Waals surface area (Å²) < 4.78 is 5.66. The Morgan fingerprint density at radius 1 is 1.29 bits per heavy atom. The second-order valence-electron chi connectivity index (χ2n) is 5.69. The van der Waals surface area contributed by atoms with Crippen molar-refractivity contribution >= 4 is 11.7 Å². The van der Waals surface area contributed by atoms with Crippen LogP contribution in [0.1, 0.15) is 33.3 Å². The number of benzene rings is 1. The van der Waals surface area contributed by atoms with Gasteiger partial charge < -0.3 is 20.5 Å². The molecule has 1 aromatic carbocycles. The summed E-state index contributed by atoms with van der Waals surface area (Å²) in [5.41, 5.74) is 1.68. The highest BCUT2D eigenvalue weighted by Gasteiger charge is 2.14. The Morgan fingerprint density at radius 2 is 1.95 bits per heavy atom. The van der Waals surface area contributed by atoms with Crippen LogP contribution in [0.2, 0.25) is 0 Å². The van der Waals surface area contributed by atoms with E-state index in [0.29, 0.717) is 5.69 Å². The molecule has 0 radical (unpaired) electrons. The molecule has 0 aliphatic carbocycles. The highest BCUT2D eigenvalue weighted by Crippen LogP contribution is 2.22. The largest absolute Gasteiger partial charge is 0.491 e. The molecule has 0 bridgehead atoms. The zero-order valence-electron chi connectivity index (χ0n) is 13.4. The number of anilines is 1. The molecule has 3 N–H and O–H groups in total. The van der Waals surface area contributed by atoms with E-state index in [9.17, 15) is 4.79 Å². The van der Waals surface area contributed by atoms with Crippen LogP contribution in [0.25, 0.3) is 0 Å². The molecule has 0 aliphatic rings. The fourth-order valence-corrected chi connectivity index (χ4v) is 1.79. The minimum atomic E-state index is -0.278. The van der Waals surface area contributed by atoms with Crippen LogP contribution in [0.4, 0.5) is 10.5 Å². The molecule has 5 heteroatoms. The van der Waals surface area contributed by atoms with Gasteiger partial charge >= 0.3 is 6.03 Å². The van der Waals surface area contributed by atoms with Gasteiger partial charge in [-0.15, -0.1) is 0 Å². The number of aliphatic hydroxyl groups excluding tert-OH is 1. The summed E-state index contributed by atoms with van der Waals surface area (Å²) in [5, 5.41) is 14.7. The van der Waals surface area contributed by atoms with Crippen molar-refractivity contribution < 1.29 is 14.6 Å². The summed E-state index contributed by atoms with van der Waals surface area (Å²) in [6.45, 7) is 9.68. The van der Waals surface area contributed by atoms with E-state index >= 15 is 0 Å². The molecule has 1 aromatic rings. The molecule has 2 amide bonds. The predicted molar refractivity (Wildman–Crippen MR) is 84.8 cm³/mol. The lowest BCUT2D eigenvalue weighted by molar-refractivity contribution is 0.204. The average Bonchev–Trinajstić information content (AvgIpc) is 2.40. The molecule has 0 fully saturated rings. The molecule has 0 saturated heterocycles. The van der Waals surface area contributed by atoms with Crippen molar-refractivity contribution in [3.63, 3.8) is 0 Å². The number of ether oxygens (including phenoxy) is 1. The molecule has 0 aromatic heterocycles. The van der Waals surface area contributed by atoms with Gasteiger partial charge in [0.15, 0.2) is 0 Å². The number of carbonyl (C=O) groups is 1. The summed E-state index contributed by atoms with van der Waals surface area (Å²) in [4.78, 5) is 11.9. The van der Waals surface area contributed by atoms with E-state index in [0.717, 1.165) is 11.3 Å². The quantitative estimate of drug-likeness (QED) is 0.755. The van der Waals surface area contributed by atoms with E-state index in [1.807, 2.05) is 52.8 Å². The van der Waals surface area contributed by atoms with Crippen molar-refractivity contribution in [2.45, 2.75) is 46.8 Å². The molecule has 0 aliphatic heterocycles. The van der Waals surface area contributed by atoms with Crippen molar-refractivity contribution in [3.05, 3.63) is 23.8 Å². The molecule has 21 heavy (non-hydrogen) atoms. The van der Waals surface area contributed by atoms with Gasteiger partial charge in [-0.3, -0.25) is 0 Å². The summed E-state index contributed by atoms with van der Waals surface area (Å²) >= 11 is 0. The zero-order chi connectivity index (χ0) is 16.0. The summed E-state index contributed by atoms with van der Waals surface area (Å²) in [5.74, 6) is 0.831. The third-order valence-corrected chi connectivity index (χ3v) is 3.30. The Bertz CT molecular complexity index is 475. The van der Waals surface area contributed by atoms with Gasteiger partial charge in [0.1, 0.15) is 5.75 Å². The molecule has 118 valence electrons. The Hall–Kier alpha value is -1.75. The van der Waals surface area contributed by atoms with E-state index in [4.69, 9.17) is 9.84 Å². The Morgan fingerprint density at radius 3 is 2.48 bits per heavy atom. The number of hydrogen-bond donors (Lipinski definition) is 3. The first-order chi connectivity index (χ1) is 9.83. The first-order valence-corrected chi connectivity index (χ1v) is 7.29. The monoisotopic (exact) mass is 294 g/mol. The molecular weight excluding hydrogens is 268 g/mol. The Labute approximate surface area is 126 Å². The van der Waals surface area contributed by atoms with Crippen LogP contribution in [-0.4, -0.2) is 29.9 Å². The van der Waals surface area contributed by atoms with Gasteiger partial charge in [0.05, 0.1) is 6.10 Å². The first kappa shape index (κ1) is 17.3. The van der Waals surface area contributed by atoms with Gasteiger partial charge in [0.25, 0.3) is 0 Å². The minimum absolute atomic E-state index is 0.0132. The normalized spacial score (nSPS) is 13.7. The zero-order valence-corrected chi connectivity index (χ0v) is 13.4. The molecule has 1 rings (SSSR count). The van der Waals surface area contributed by atoms with Crippen LogP contribution in [0, 0.1) is 12.8 Å². The SMILES string of the molecule is Cc1cc(NC(=O)N[C@@H](C)[C@H](C)CO)ccc1OC(C)C. The molecule has 0 spiro atoms. The predicted octanol–water partition coefficient (Wildman–Crippen LogP) is 2.92. The lowest BCUT2D eigenvalue weighted by Crippen LogP contribution is -2.40. The molecule has 2 atom stereocenters. The van der Waals surface area contributed by atoms with Gasteiger partial charge in [0.2, 0.25) is 0 Å². The maximum atomic E-state index is 11.9. The lowest BCUT2D eigenvalue weighted by Gasteiger charge is -2.20. The number of aliphatic hydroxyl groups is 1. The van der Waals surface area contributed by atoms with Gasteiger partial charge in [-0.2, -0.15) is 0 Å². The van der Waals surface area contributed by atoms with Crippen LogP contribution in [-0.2, 0) is 0 Å². The van der Waals surface area contributed by atoms with Crippen molar-refractivity contribution in [2.24, 2.45) is 5.92 Å². The third kappa shape index (κ3) is 5.63. The Balaban J connectivity index is 2.63. The molecule has 0 unspecified atom stereocenters. The van der Waals surface area contributed by atoms with Crippen LogP contribution >= 0.6 is 0 Å². The molecule has 0 heterocycles. The standard InChI is InChI=1S/C16H26N2O3/c1-10(2)21-15-7-6-14(8-11(15)3)18-16(20)17-13(5)12(4)9-19/h6-8,10,12-13,19H,9H2,1-5H3,(H2,17,18,20)/t12-,13+/m1/s1. The van der Waals surface area contributed by atoms with Gasteiger partial charge in [-0.25, -0.2) is 4.79 Å². The van der Waals surface area contributed by atoms with E-state index in [2.05, 4.69) is 10.6 Å². The number of hydrogen-bond acceptors (Lipinski definition) is 3. The molecule has 0 saturated carbocycles. The number of urea groups is 1. The second kappa shape index (κ2) is 7.88. The average molecular weight is 294 g/mol. The Kier molecular flexibility index (Phi) is 6.49. The van der Waals surface area contributed by atoms with E-state index in [1.165, 1.54) is 0 Å². The summed E-state index contributed by atoms with van der Waals surface area (Å²) in [6.07, 6.45) is 0.117. The van der Waals surface area contributed by atoms with Gasteiger partial charge in [-0.1, -0.05) is 6.92 Å². The van der Waals surface area contributed by atoms with Crippen molar-refractivity contribution in [3.8, 4) is 5.75 Å². The highest BCUT2D eigenvalue weighted by molar-refractivity contribution is 5.89. The van der Waals surface area contributed by atoms with Gasteiger partial charge in [0, 0.05) is 18.3 Å². The van der Waals surface area contributed by atoms with Crippen LogP contribution in [0.3, 0.4) is 0 Å². The van der Waals surface area contributed by atoms with Crippen molar-refractivity contribution in [1.82, 2.24) is 5.32 Å². The van der Waals surface area contributed by atoms with Crippen molar-refractivity contribution in [2.75, 3.05) is 11.9 Å². The third-order valence-electron chi connectivity index (χ3n) is 3.30. The second-order valence-corrected chi connectivity index (χ2v) is 5.69. The van der Waals surface area contributed by atoms with Crippen LogP contribution in [0.5, 0.6) is 5.75 Å². The number of amides is 2. The molecular formula is C16H26N2O3. The number of rotatable bonds is 6. The maximum absolute atomic E-state index is 11.9. The summed E-state index contributed by atoms with van der Waals surface area (Å²) in [6, 6.07) is 5.16.